The van der Waals surface area contributed by atoms with Crippen molar-refractivity contribution in [3.05, 3.63) is 23.3 Å². The lowest BCUT2D eigenvalue weighted by atomic mass is 9.77. The number of ether oxygens (including phenoxy) is 2. The second-order valence-electron chi connectivity index (χ2n) is 7.66. The van der Waals surface area contributed by atoms with Crippen molar-refractivity contribution in [1.82, 2.24) is 4.90 Å². The molecule has 0 spiro atoms. The van der Waals surface area contributed by atoms with Crippen LogP contribution >= 0.6 is 0 Å². The molecule has 0 fully saturated rings. The minimum absolute atomic E-state index is 0.117. The van der Waals surface area contributed by atoms with Gasteiger partial charge >= 0.3 is 0 Å². The summed E-state index contributed by atoms with van der Waals surface area (Å²) in [6.07, 6.45) is 0. The van der Waals surface area contributed by atoms with E-state index in [4.69, 9.17) is 9.47 Å². The Kier molecular flexibility index (Phi) is 4.16. The average Bonchev–Trinajstić information content (AvgIpc) is 2.43. The number of hydrogen-bond acceptors (Lipinski definition) is 3. The molecule has 1 amide bonds. The van der Waals surface area contributed by atoms with Crippen molar-refractivity contribution in [3.63, 3.8) is 0 Å². The van der Waals surface area contributed by atoms with E-state index in [1.165, 1.54) is 5.56 Å². The monoisotopic (exact) mass is 305 g/mol. The maximum atomic E-state index is 12.7. The molecule has 1 aromatic carbocycles. The lowest BCUT2D eigenvalue weighted by Gasteiger charge is -2.42. The molecule has 1 aromatic rings. The normalized spacial score (nSPS) is 17.0. The van der Waals surface area contributed by atoms with E-state index in [0.29, 0.717) is 18.8 Å². The van der Waals surface area contributed by atoms with Crippen molar-refractivity contribution >= 4 is 5.91 Å². The van der Waals surface area contributed by atoms with E-state index in [0.717, 1.165) is 11.3 Å². The zero-order chi connectivity index (χ0) is 16.7. The van der Waals surface area contributed by atoms with Crippen molar-refractivity contribution in [3.8, 4) is 11.5 Å². The number of methoxy groups -OCH3 is 2. The molecule has 2 rings (SSSR count). The standard InChI is InChI=1S/C18H27NO3/c1-17(2,3)16(20)19-10-12-8-14(21-6)15(22-7)9-13(12)18(4,5)11-19/h8-9H,10-11H2,1-7H3. The van der Waals surface area contributed by atoms with E-state index < -0.39 is 0 Å². The summed E-state index contributed by atoms with van der Waals surface area (Å²) < 4.78 is 10.8. The summed E-state index contributed by atoms with van der Waals surface area (Å²) >= 11 is 0. The molecule has 122 valence electrons. The van der Waals surface area contributed by atoms with Gasteiger partial charge in [0.05, 0.1) is 14.2 Å². The summed E-state index contributed by atoms with van der Waals surface area (Å²) in [6, 6.07) is 4.05. The van der Waals surface area contributed by atoms with Crippen LogP contribution in [0.3, 0.4) is 0 Å². The van der Waals surface area contributed by atoms with Crippen molar-refractivity contribution in [2.75, 3.05) is 20.8 Å². The molecule has 0 atom stereocenters. The second kappa shape index (κ2) is 5.49. The topological polar surface area (TPSA) is 38.8 Å². The molecule has 0 aromatic heterocycles. The fourth-order valence-electron chi connectivity index (χ4n) is 3.12. The molecule has 4 heteroatoms. The van der Waals surface area contributed by atoms with Crippen LogP contribution in [0.4, 0.5) is 0 Å². The first-order valence-corrected chi connectivity index (χ1v) is 7.65. The van der Waals surface area contributed by atoms with E-state index >= 15 is 0 Å². The molecule has 0 bridgehead atoms. The molecular weight excluding hydrogens is 278 g/mol. The number of amides is 1. The maximum Gasteiger partial charge on any atom is 0.228 e. The quantitative estimate of drug-likeness (QED) is 0.841. The minimum Gasteiger partial charge on any atom is -0.493 e. The van der Waals surface area contributed by atoms with Gasteiger partial charge in [-0.3, -0.25) is 4.79 Å². The lowest BCUT2D eigenvalue weighted by molar-refractivity contribution is -0.141. The van der Waals surface area contributed by atoms with Crippen LogP contribution in [-0.4, -0.2) is 31.6 Å². The first-order valence-electron chi connectivity index (χ1n) is 7.65. The van der Waals surface area contributed by atoms with Crippen LogP contribution in [0.25, 0.3) is 0 Å². The SMILES string of the molecule is COc1cc2c(cc1OC)C(C)(C)CN(C(=O)C(C)(C)C)C2. The Hall–Kier alpha value is -1.71. The lowest BCUT2D eigenvalue weighted by Crippen LogP contribution is -2.48. The highest BCUT2D eigenvalue weighted by Crippen LogP contribution is 2.40. The molecule has 1 heterocycles. The van der Waals surface area contributed by atoms with Crippen molar-refractivity contribution in [2.24, 2.45) is 5.41 Å². The first kappa shape index (κ1) is 16.7. The Labute approximate surface area is 133 Å². The fourth-order valence-corrected chi connectivity index (χ4v) is 3.12. The molecule has 4 nitrogen and oxygen atoms in total. The first-order chi connectivity index (χ1) is 10.1. The smallest absolute Gasteiger partial charge is 0.228 e. The highest BCUT2D eigenvalue weighted by molar-refractivity contribution is 5.82. The average molecular weight is 305 g/mol. The number of carbonyl (C=O) groups is 1. The van der Waals surface area contributed by atoms with Gasteiger partial charge in [0.1, 0.15) is 0 Å². The second-order valence-corrected chi connectivity index (χ2v) is 7.66. The van der Waals surface area contributed by atoms with Gasteiger partial charge in [0, 0.05) is 23.9 Å². The summed E-state index contributed by atoms with van der Waals surface area (Å²) in [5.74, 6) is 1.63. The molecule has 0 unspecified atom stereocenters. The third-order valence-electron chi connectivity index (χ3n) is 4.21. The number of hydrogen-bond donors (Lipinski definition) is 0. The Morgan fingerprint density at radius 2 is 1.68 bits per heavy atom. The van der Waals surface area contributed by atoms with Gasteiger partial charge in [0.15, 0.2) is 11.5 Å². The summed E-state index contributed by atoms with van der Waals surface area (Å²) in [6.45, 7) is 11.6. The Bertz CT molecular complexity index is 585. The minimum atomic E-state index is -0.371. The van der Waals surface area contributed by atoms with Gasteiger partial charge in [0.2, 0.25) is 5.91 Å². The van der Waals surface area contributed by atoms with Crippen molar-refractivity contribution in [2.45, 2.75) is 46.6 Å². The van der Waals surface area contributed by atoms with E-state index in [-0.39, 0.29) is 16.7 Å². The van der Waals surface area contributed by atoms with Gasteiger partial charge in [-0.1, -0.05) is 34.6 Å². The zero-order valence-electron chi connectivity index (χ0n) is 14.7. The molecule has 0 saturated heterocycles. The van der Waals surface area contributed by atoms with Crippen LogP contribution in [0, 0.1) is 5.41 Å². The van der Waals surface area contributed by atoms with Crippen LogP contribution in [0.2, 0.25) is 0 Å². The van der Waals surface area contributed by atoms with Crippen LogP contribution in [0.1, 0.15) is 45.7 Å². The van der Waals surface area contributed by atoms with Gasteiger partial charge in [-0.05, 0) is 23.3 Å². The number of fused-ring (bicyclic) bond motifs is 1. The molecule has 0 N–H and O–H groups in total. The number of nitrogens with zero attached hydrogens (tertiary/aromatic N) is 1. The van der Waals surface area contributed by atoms with Crippen LogP contribution < -0.4 is 9.47 Å². The number of benzene rings is 1. The predicted molar refractivity (Wildman–Crippen MR) is 87.4 cm³/mol. The number of carbonyl (C=O) groups excluding carboxylic acids is 1. The Morgan fingerprint density at radius 1 is 1.14 bits per heavy atom. The third-order valence-corrected chi connectivity index (χ3v) is 4.21. The largest absolute Gasteiger partial charge is 0.493 e. The predicted octanol–water partition coefficient (Wildman–Crippen LogP) is 3.37. The molecule has 0 aliphatic carbocycles. The van der Waals surface area contributed by atoms with Crippen LogP contribution in [-0.2, 0) is 16.8 Å². The molecular formula is C18H27NO3. The summed E-state index contributed by atoms with van der Waals surface area (Å²) in [5.41, 5.74) is 1.87. The highest BCUT2D eigenvalue weighted by Gasteiger charge is 2.38. The van der Waals surface area contributed by atoms with E-state index in [2.05, 4.69) is 13.8 Å². The third kappa shape index (κ3) is 2.92. The van der Waals surface area contributed by atoms with Crippen molar-refractivity contribution < 1.29 is 14.3 Å². The van der Waals surface area contributed by atoms with Gasteiger partial charge in [-0.2, -0.15) is 0 Å². The molecule has 0 saturated carbocycles. The maximum absolute atomic E-state index is 12.7. The zero-order valence-corrected chi connectivity index (χ0v) is 14.7. The van der Waals surface area contributed by atoms with Crippen molar-refractivity contribution in [1.29, 1.82) is 0 Å². The van der Waals surface area contributed by atoms with E-state index in [1.54, 1.807) is 14.2 Å². The Balaban J connectivity index is 2.47. The molecule has 1 aliphatic rings. The van der Waals surface area contributed by atoms with Gasteiger partial charge in [-0.25, -0.2) is 0 Å². The fraction of sp³-hybridized carbons (Fsp3) is 0.611. The van der Waals surface area contributed by atoms with Crippen LogP contribution in [0.5, 0.6) is 11.5 Å². The molecule has 0 radical (unpaired) electrons. The highest BCUT2D eigenvalue weighted by atomic mass is 16.5. The van der Waals surface area contributed by atoms with Gasteiger partial charge in [0.25, 0.3) is 0 Å². The van der Waals surface area contributed by atoms with E-state index in [1.807, 2.05) is 37.8 Å². The molecule has 22 heavy (non-hydrogen) atoms. The summed E-state index contributed by atoms with van der Waals surface area (Å²) in [7, 11) is 3.28. The molecule has 1 aliphatic heterocycles. The summed E-state index contributed by atoms with van der Waals surface area (Å²) in [4.78, 5) is 14.6. The van der Waals surface area contributed by atoms with Gasteiger partial charge < -0.3 is 14.4 Å². The Morgan fingerprint density at radius 3 is 2.18 bits per heavy atom. The number of rotatable bonds is 2. The summed E-state index contributed by atoms with van der Waals surface area (Å²) in [5, 5.41) is 0. The van der Waals surface area contributed by atoms with Crippen LogP contribution in [0.15, 0.2) is 12.1 Å². The van der Waals surface area contributed by atoms with E-state index in [9.17, 15) is 4.79 Å². The van der Waals surface area contributed by atoms with Gasteiger partial charge in [-0.15, -0.1) is 0 Å².